The predicted molar refractivity (Wildman–Crippen MR) is 43.6 cm³/mol. The lowest BCUT2D eigenvalue weighted by atomic mass is 9.75. The van der Waals surface area contributed by atoms with Gasteiger partial charge in [-0.3, -0.25) is 8.98 Å². The Hall–Kier alpha value is -0.870. The number of halogens is 3. The fourth-order valence-corrected chi connectivity index (χ4v) is 1.83. The van der Waals surface area contributed by atoms with Crippen LogP contribution in [-0.2, 0) is 19.1 Å². The van der Waals surface area contributed by atoms with E-state index in [1.807, 2.05) is 0 Å². The maximum Gasteiger partial charge on any atom is 0.523 e. The zero-order chi connectivity index (χ0) is 12.8. The second-order valence-corrected chi connectivity index (χ2v) is 5.05. The lowest BCUT2D eigenvalue weighted by molar-refractivity contribution is -0.151. The second-order valence-electron chi connectivity index (χ2n) is 3.49. The Labute approximate surface area is 88.3 Å². The van der Waals surface area contributed by atoms with E-state index in [0.717, 1.165) is 0 Å². The molecule has 0 saturated heterocycles. The van der Waals surface area contributed by atoms with Crippen molar-refractivity contribution in [1.29, 1.82) is 0 Å². The van der Waals surface area contributed by atoms with Gasteiger partial charge in [0.2, 0.25) is 0 Å². The molecule has 0 radical (unpaired) electrons. The number of carbonyl (C=O) groups is 1. The summed E-state index contributed by atoms with van der Waals surface area (Å²) in [6.45, 7) is 0. The predicted octanol–water partition coefficient (Wildman–Crippen LogP) is -0.203. The van der Waals surface area contributed by atoms with Crippen LogP contribution in [0, 0.1) is 0 Å². The Morgan fingerprint density at radius 1 is 1.44 bits per heavy atom. The van der Waals surface area contributed by atoms with Gasteiger partial charge in [0, 0.05) is 12.8 Å². The van der Waals surface area contributed by atoms with Crippen molar-refractivity contribution in [1.82, 2.24) is 0 Å². The normalized spacial score (nSPS) is 30.9. The molecule has 10 heteroatoms. The molecule has 0 aromatic rings. The Bertz CT molecular complexity index is 397. The first-order chi connectivity index (χ1) is 6.98. The van der Waals surface area contributed by atoms with Crippen molar-refractivity contribution < 1.29 is 35.7 Å². The maximum atomic E-state index is 11.8. The Morgan fingerprint density at radius 3 is 2.19 bits per heavy atom. The molecule has 6 nitrogen and oxygen atoms in total. The third-order valence-corrected chi connectivity index (χ3v) is 3.25. The molecule has 16 heavy (non-hydrogen) atoms. The zero-order valence-corrected chi connectivity index (χ0v) is 8.51. The molecular weight excluding hydrogens is 255 g/mol. The number of rotatable bonds is 3. The van der Waals surface area contributed by atoms with Crippen LogP contribution >= 0.6 is 0 Å². The summed E-state index contributed by atoms with van der Waals surface area (Å²) in [6, 6.07) is 0. The summed E-state index contributed by atoms with van der Waals surface area (Å²) in [7, 11) is -5.68. The van der Waals surface area contributed by atoms with Crippen LogP contribution in [0.2, 0.25) is 0 Å². The molecule has 1 aliphatic rings. The Balaban J connectivity index is 2.60. The highest BCUT2D eigenvalue weighted by Crippen LogP contribution is 2.36. The maximum absolute atomic E-state index is 11.8. The number of alkyl halides is 3. The van der Waals surface area contributed by atoms with Crippen LogP contribution in [0.1, 0.15) is 12.8 Å². The highest BCUT2D eigenvalue weighted by atomic mass is 32.2. The SMILES string of the molecule is NC1(C(=O)O)CC(OS(=O)(=O)C(F)(F)F)C1. The molecule has 0 heterocycles. The number of hydrogen-bond donors (Lipinski definition) is 2. The van der Waals surface area contributed by atoms with Crippen molar-refractivity contribution in [2.24, 2.45) is 5.73 Å². The summed E-state index contributed by atoms with van der Waals surface area (Å²) < 4.78 is 60.3. The van der Waals surface area contributed by atoms with E-state index < -0.39 is 46.1 Å². The van der Waals surface area contributed by atoms with Crippen LogP contribution < -0.4 is 5.73 Å². The molecule has 0 unspecified atom stereocenters. The van der Waals surface area contributed by atoms with Gasteiger partial charge in [-0.15, -0.1) is 0 Å². The highest BCUT2D eigenvalue weighted by Gasteiger charge is 2.54. The standard InChI is InChI=1S/C6H8F3NO5S/c7-6(8,9)16(13,14)15-3-1-5(10,2-3)4(11)12/h3H,1-2,10H2,(H,11,12). The molecule has 0 aliphatic heterocycles. The molecule has 0 aromatic carbocycles. The molecule has 1 rings (SSSR count). The summed E-state index contributed by atoms with van der Waals surface area (Å²) >= 11 is 0. The molecule has 94 valence electrons. The summed E-state index contributed by atoms with van der Waals surface area (Å²) in [4.78, 5) is 10.5. The van der Waals surface area contributed by atoms with Crippen molar-refractivity contribution in [2.45, 2.75) is 30.0 Å². The van der Waals surface area contributed by atoms with Crippen molar-refractivity contribution in [3.05, 3.63) is 0 Å². The molecule has 0 amide bonds. The van der Waals surface area contributed by atoms with Crippen LogP contribution in [0.15, 0.2) is 0 Å². The number of hydrogen-bond acceptors (Lipinski definition) is 5. The summed E-state index contributed by atoms with van der Waals surface area (Å²) in [5.74, 6) is -1.41. The van der Waals surface area contributed by atoms with E-state index in [1.165, 1.54) is 0 Å². The number of aliphatic carboxylic acids is 1. The van der Waals surface area contributed by atoms with Gasteiger partial charge in [0.15, 0.2) is 0 Å². The van der Waals surface area contributed by atoms with Crippen LogP contribution in [0.4, 0.5) is 13.2 Å². The van der Waals surface area contributed by atoms with Crippen LogP contribution in [0.25, 0.3) is 0 Å². The molecule has 1 fully saturated rings. The summed E-state index contributed by atoms with van der Waals surface area (Å²) in [5.41, 5.74) is -2.01. The number of nitrogens with two attached hydrogens (primary N) is 1. The second kappa shape index (κ2) is 3.57. The molecule has 0 spiro atoms. The minimum absolute atomic E-state index is 0.475. The monoisotopic (exact) mass is 263 g/mol. The van der Waals surface area contributed by atoms with Gasteiger partial charge in [0.05, 0.1) is 6.10 Å². The first-order valence-electron chi connectivity index (χ1n) is 4.00. The van der Waals surface area contributed by atoms with Crippen molar-refractivity contribution in [3.63, 3.8) is 0 Å². The molecule has 0 atom stereocenters. The van der Waals surface area contributed by atoms with E-state index in [-0.39, 0.29) is 0 Å². The molecule has 0 aromatic heterocycles. The van der Waals surface area contributed by atoms with Crippen molar-refractivity contribution in [2.75, 3.05) is 0 Å². The van der Waals surface area contributed by atoms with E-state index in [2.05, 4.69) is 4.18 Å². The van der Waals surface area contributed by atoms with E-state index in [0.29, 0.717) is 0 Å². The Kier molecular flexibility index (Phi) is 2.94. The van der Waals surface area contributed by atoms with E-state index in [1.54, 1.807) is 0 Å². The smallest absolute Gasteiger partial charge is 0.480 e. The van der Waals surface area contributed by atoms with Gasteiger partial charge in [0.1, 0.15) is 5.54 Å². The zero-order valence-electron chi connectivity index (χ0n) is 7.69. The minimum atomic E-state index is -5.68. The number of carboxylic acid groups (broad SMARTS) is 1. The van der Waals surface area contributed by atoms with Crippen molar-refractivity contribution >= 4 is 16.1 Å². The van der Waals surface area contributed by atoms with Crippen LogP contribution in [0.3, 0.4) is 0 Å². The van der Waals surface area contributed by atoms with Gasteiger partial charge < -0.3 is 10.8 Å². The van der Waals surface area contributed by atoms with Gasteiger partial charge in [-0.1, -0.05) is 0 Å². The fraction of sp³-hybridized carbons (Fsp3) is 0.833. The van der Waals surface area contributed by atoms with Gasteiger partial charge in [0.25, 0.3) is 0 Å². The van der Waals surface area contributed by atoms with E-state index in [9.17, 15) is 26.4 Å². The Morgan fingerprint density at radius 2 is 1.88 bits per heavy atom. The molecule has 1 saturated carbocycles. The fourth-order valence-electron chi connectivity index (χ4n) is 1.23. The minimum Gasteiger partial charge on any atom is -0.480 e. The van der Waals surface area contributed by atoms with Gasteiger partial charge in [-0.25, -0.2) is 0 Å². The first kappa shape index (κ1) is 13.2. The quantitative estimate of drug-likeness (QED) is 0.539. The van der Waals surface area contributed by atoms with Crippen molar-refractivity contribution in [3.8, 4) is 0 Å². The first-order valence-corrected chi connectivity index (χ1v) is 5.41. The summed E-state index contributed by atoms with van der Waals surface area (Å²) in [6.07, 6.45) is -2.29. The average molecular weight is 263 g/mol. The van der Waals surface area contributed by atoms with Crippen LogP contribution in [-0.4, -0.2) is 36.6 Å². The third kappa shape index (κ3) is 2.28. The highest BCUT2D eigenvalue weighted by molar-refractivity contribution is 7.87. The number of carboxylic acids is 1. The van der Waals surface area contributed by atoms with Gasteiger partial charge in [-0.2, -0.15) is 21.6 Å². The van der Waals surface area contributed by atoms with E-state index >= 15 is 0 Å². The third-order valence-electron chi connectivity index (χ3n) is 2.16. The molecule has 0 bridgehead atoms. The van der Waals surface area contributed by atoms with Gasteiger partial charge >= 0.3 is 21.6 Å². The topological polar surface area (TPSA) is 107 Å². The molecular formula is C6H8F3NO5S. The van der Waals surface area contributed by atoms with Gasteiger partial charge in [-0.05, 0) is 0 Å². The van der Waals surface area contributed by atoms with Crippen LogP contribution in [0.5, 0.6) is 0 Å². The average Bonchev–Trinajstić information content (AvgIpc) is 1.97. The molecule has 1 aliphatic carbocycles. The molecule has 3 N–H and O–H groups in total. The van der Waals surface area contributed by atoms with E-state index in [4.69, 9.17) is 10.8 Å². The largest absolute Gasteiger partial charge is 0.523 e. The lowest BCUT2D eigenvalue weighted by Crippen LogP contribution is -2.61. The lowest BCUT2D eigenvalue weighted by Gasteiger charge is -2.40. The summed E-state index contributed by atoms with van der Waals surface area (Å²) in [5, 5.41) is 8.52.